The lowest BCUT2D eigenvalue weighted by molar-refractivity contribution is -0.123. The summed E-state index contributed by atoms with van der Waals surface area (Å²) in [6.07, 6.45) is 8.67. The minimum Gasteiger partial charge on any atom is -0.508 e. The fraction of sp³-hybridized carbons (Fsp3) is 0.467. The Morgan fingerprint density at radius 2 is 1.67 bits per heavy atom. The van der Waals surface area contributed by atoms with Crippen molar-refractivity contribution in [1.29, 1.82) is 0 Å². The second kappa shape index (κ2) is 15.1. The normalized spacial score (nSPS) is 14.0. The van der Waals surface area contributed by atoms with Gasteiger partial charge in [-0.25, -0.2) is 4.79 Å². The molecule has 0 aliphatic heterocycles. The monoisotopic (exact) mass is 494 g/mol. The Labute approximate surface area is 215 Å². The Morgan fingerprint density at radius 1 is 1.00 bits per heavy atom. The maximum atomic E-state index is 13.4. The van der Waals surface area contributed by atoms with Gasteiger partial charge in [0.1, 0.15) is 5.75 Å². The summed E-state index contributed by atoms with van der Waals surface area (Å²) >= 11 is 0. The second-order valence-corrected chi connectivity index (χ2v) is 10.1. The Balaban J connectivity index is 2.13. The molecular weight excluding hydrogens is 452 g/mol. The van der Waals surface area contributed by atoms with Gasteiger partial charge in [-0.2, -0.15) is 0 Å². The summed E-state index contributed by atoms with van der Waals surface area (Å²) in [6.45, 7) is 9.39. The summed E-state index contributed by atoms with van der Waals surface area (Å²) in [5.74, 6) is 0.0560. The highest BCUT2D eigenvalue weighted by Crippen LogP contribution is 2.14. The standard InChI is InChI=1S/C30H42N2O4/c1-5-6-7-22(4)20-31-28(19-24-11-16-27(33)17-12-24)29(34)32-26(18-21(2)3)15-10-23-8-13-25(14-9-23)30(35)36/h8-17,21-22,26,28,31,33H,5-7,18-20H2,1-4H3,(H,32,34)(H,35,36)/b15-10+/t22-,26+,28-/m0/s1. The Kier molecular flexibility index (Phi) is 12.2. The van der Waals surface area contributed by atoms with E-state index in [9.17, 15) is 14.7 Å². The highest BCUT2D eigenvalue weighted by molar-refractivity contribution is 5.87. The van der Waals surface area contributed by atoms with Gasteiger partial charge in [0.05, 0.1) is 11.6 Å². The fourth-order valence-corrected chi connectivity index (χ4v) is 4.06. The van der Waals surface area contributed by atoms with E-state index < -0.39 is 12.0 Å². The van der Waals surface area contributed by atoms with Crippen molar-refractivity contribution in [2.45, 2.75) is 71.9 Å². The van der Waals surface area contributed by atoms with Crippen LogP contribution >= 0.6 is 0 Å². The summed E-state index contributed by atoms with van der Waals surface area (Å²) in [4.78, 5) is 24.5. The fourth-order valence-electron chi connectivity index (χ4n) is 4.06. The first kappa shape index (κ1) is 29.1. The highest BCUT2D eigenvalue weighted by atomic mass is 16.4. The van der Waals surface area contributed by atoms with Crippen LogP contribution < -0.4 is 10.6 Å². The number of phenolic OH excluding ortho intramolecular Hbond substituents is 1. The van der Waals surface area contributed by atoms with Gasteiger partial charge >= 0.3 is 5.97 Å². The zero-order valence-corrected chi connectivity index (χ0v) is 22.0. The lowest BCUT2D eigenvalue weighted by atomic mass is 9.99. The molecular formula is C30H42N2O4. The number of phenols is 1. The van der Waals surface area contributed by atoms with Crippen LogP contribution in [0.5, 0.6) is 5.75 Å². The molecule has 2 aromatic carbocycles. The number of carbonyl (C=O) groups excluding carboxylic acids is 1. The molecule has 0 radical (unpaired) electrons. The third-order valence-corrected chi connectivity index (χ3v) is 6.19. The van der Waals surface area contributed by atoms with Gasteiger partial charge in [0, 0.05) is 6.04 Å². The SMILES string of the molecule is CCCC[C@H](C)CN[C@@H](Cc1ccc(O)cc1)C(=O)N[C@H](/C=C/c1ccc(C(=O)O)cc1)CC(C)C. The largest absolute Gasteiger partial charge is 0.508 e. The van der Waals surface area contributed by atoms with E-state index in [1.165, 1.54) is 6.42 Å². The summed E-state index contributed by atoms with van der Waals surface area (Å²) < 4.78 is 0. The van der Waals surface area contributed by atoms with E-state index in [1.54, 1.807) is 36.4 Å². The van der Waals surface area contributed by atoms with E-state index in [4.69, 9.17) is 5.11 Å². The molecule has 36 heavy (non-hydrogen) atoms. The number of aromatic carboxylic acids is 1. The number of carboxylic acids is 1. The summed E-state index contributed by atoms with van der Waals surface area (Å²) in [7, 11) is 0. The predicted molar refractivity (Wildman–Crippen MR) is 146 cm³/mol. The van der Waals surface area contributed by atoms with Crippen LogP contribution in [0.25, 0.3) is 6.08 Å². The number of nitrogens with one attached hydrogen (secondary N) is 2. The molecule has 0 aliphatic rings. The molecule has 0 saturated carbocycles. The van der Waals surface area contributed by atoms with Gasteiger partial charge in [0.15, 0.2) is 0 Å². The molecule has 2 aromatic rings. The minimum absolute atomic E-state index is 0.0534. The van der Waals surface area contributed by atoms with Gasteiger partial charge < -0.3 is 20.8 Å². The van der Waals surface area contributed by atoms with Gasteiger partial charge in [-0.1, -0.05) is 77.0 Å². The molecule has 6 nitrogen and oxygen atoms in total. The Bertz CT molecular complexity index is 967. The van der Waals surface area contributed by atoms with Crippen LogP contribution in [0, 0.1) is 11.8 Å². The van der Waals surface area contributed by atoms with E-state index in [0.717, 1.165) is 36.9 Å². The van der Waals surface area contributed by atoms with Crippen molar-refractivity contribution >= 4 is 18.0 Å². The Morgan fingerprint density at radius 3 is 2.25 bits per heavy atom. The number of amides is 1. The maximum absolute atomic E-state index is 13.4. The molecule has 0 fully saturated rings. The van der Waals surface area contributed by atoms with Crippen LogP contribution in [0.1, 0.15) is 74.9 Å². The topological polar surface area (TPSA) is 98.7 Å². The van der Waals surface area contributed by atoms with Gasteiger partial charge in [-0.05, 0) is 73.0 Å². The van der Waals surface area contributed by atoms with Crippen LogP contribution in [0.2, 0.25) is 0 Å². The third-order valence-electron chi connectivity index (χ3n) is 6.19. The number of carboxylic acid groups (broad SMARTS) is 1. The number of hydrogen-bond donors (Lipinski definition) is 4. The maximum Gasteiger partial charge on any atom is 0.335 e. The number of benzene rings is 2. The van der Waals surface area contributed by atoms with Gasteiger partial charge in [0.25, 0.3) is 0 Å². The summed E-state index contributed by atoms with van der Waals surface area (Å²) in [5, 5.41) is 25.4. The van der Waals surface area contributed by atoms with Crippen LogP contribution in [-0.4, -0.2) is 40.7 Å². The van der Waals surface area contributed by atoms with Crippen molar-refractivity contribution in [2.24, 2.45) is 11.8 Å². The van der Waals surface area contributed by atoms with Gasteiger partial charge in [0.2, 0.25) is 5.91 Å². The minimum atomic E-state index is -0.952. The number of hydrogen-bond acceptors (Lipinski definition) is 4. The molecule has 0 spiro atoms. The predicted octanol–water partition coefficient (Wildman–Crippen LogP) is 5.66. The Hall–Kier alpha value is -3.12. The zero-order chi connectivity index (χ0) is 26.5. The van der Waals surface area contributed by atoms with Crippen LogP contribution in [0.15, 0.2) is 54.6 Å². The highest BCUT2D eigenvalue weighted by Gasteiger charge is 2.22. The molecule has 0 aromatic heterocycles. The van der Waals surface area contributed by atoms with Crippen molar-refractivity contribution in [3.05, 3.63) is 71.3 Å². The molecule has 0 bridgehead atoms. The van der Waals surface area contributed by atoms with Crippen LogP contribution in [0.4, 0.5) is 0 Å². The lowest BCUT2D eigenvalue weighted by Crippen LogP contribution is -2.49. The number of carbonyl (C=O) groups is 2. The number of rotatable bonds is 15. The molecule has 3 atom stereocenters. The molecule has 0 saturated heterocycles. The van der Waals surface area contributed by atoms with Gasteiger partial charge in [-0.3, -0.25) is 4.79 Å². The first-order chi connectivity index (χ1) is 17.2. The quantitative estimate of drug-likeness (QED) is 0.256. The van der Waals surface area contributed by atoms with Crippen LogP contribution in [0.3, 0.4) is 0 Å². The van der Waals surface area contributed by atoms with E-state index >= 15 is 0 Å². The molecule has 196 valence electrons. The molecule has 0 unspecified atom stereocenters. The molecule has 2 rings (SSSR count). The first-order valence-corrected chi connectivity index (χ1v) is 13.0. The van der Waals surface area contributed by atoms with Crippen molar-refractivity contribution in [2.75, 3.05) is 6.54 Å². The van der Waals surface area contributed by atoms with Crippen LogP contribution in [-0.2, 0) is 11.2 Å². The smallest absolute Gasteiger partial charge is 0.335 e. The second-order valence-electron chi connectivity index (χ2n) is 10.1. The van der Waals surface area contributed by atoms with E-state index in [2.05, 4.69) is 38.3 Å². The van der Waals surface area contributed by atoms with E-state index in [-0.39, 0.29) is 23.3 Å². The number of unbranched alkanes of at least 4 members (excludes halogenated alkanes) is 1. The average Bonchev–Trinajstić information content (AvgIpc) is 2.84. The molecule has 6 heteroatoms. The van der Waals surface area contributed by atoms with Gasteiger partial charge in [-0.15, -0.1) is 0 Å². The molecule has 4 N–H and O–H groups in total. The first-order valence-electron chi connectivity index (χ1n) is 13.0. The third kappa shape index (κ3) is 10.6. The average molecular weight is 495 g/mol. The van der Waals surface area contributed by atoms with Crippen molar-refractivity contribution < 1.29 is 19.8 Å². The number of aromatic hydroxyl groups is 1. The summed E-state index contributed by atoms with van der Waals surface area (Å²) in [5.41, 5.74) is 2.11. The molecule has 0 aliphatic carbocycles. The molecule has 0 heterocycles. The van der Waals surface area contributed by atoms with Crippen molar-refractivity contribution in [3.8, 4) is 5.75 Å². The van der Waals surface area contributed by atoms with Crippen molar-refractivity contribution in [3.63, 3.8) is 0 Å². The van der Waals surface area contributed by atoms with E-state index in [0.29, 0.717) is 18.3 Å². The zero-order valence-electron chi connectivity index (χ0n) is 22.0. The van der Waals surface area contributed by atoms with E-state index in [1.807, 2.05) is 24.3 Å². The molecule has 1 amide bonds. The van der Waals surface area contributed by atoms with Crippen molar-refractivity contribution in [1.82, 2.24) is 10.6 Å². The lowest BCUT2D eigenvalue weighted by Gasteiger charge is -2.24. The summed E-state index contributed by atoms with van der Waals surface area (Å²) in [6, 6.07) is 13.1.